The summed E-state index contributed by atoms with van der Waals surface area (Å²) in [5.41, 5.74) is 0.973. The van der Waals surface area contributed by atoms with E-state index >= 15 is 0 Å². The largest absolute Gasteiger partial charge is 0.131 e. The van der Waals surface area contributed by atoms with E-state index in [0.29, 0.717) is 10.0 Å². The standard InChI is InChI=1S/C11H5Br3Cl2S/c12-6-4-8(17-11(6)14)9(13)5-2-1-3-7(15)10(5)16/h1-4,9H. The molecule has 0 aliphatic carbocycles. The molecular formula is C11H5Br3Cl2S. The van der Waals surface area contributed by atoms with Gasteiger partial charge < -0.3 is 0 Å². The highest BCUT2D eigenvalue weighted by Gasteiger charge is 2.18. The number of benzene rings is 1. The van der Waals surface area contributed by atoms with Gasteiger partial charge in [0.05, 0.1) is 18.7 Å². The van der Waals surface area contributed by atoms with E-state index in [1.54, 1.807) is 17.4 Å². The van der Waals surface area contributed by atoms with Crippen LogP contribution in [0.15, 0.2) is 32.5 Å². The Hall–Kier alpha value is 0.940. The quantitative estimate of drug-likeness (QED) is 0.404. The zero-order chi connectivity index (χ0) is 12.6. The highest BCUT2D eigenvalue weighted by atomic mass is 79.9. The van der Waals surface area contributed by atoms with Crippen molar-refractivity contribution in [2.45, 2.75) is 4.83 Å². The molecule has 0 bridgehead atoms. The Morgan fingerprint density at radius 1 is 1.18 bits per heavy atom. The van der Waals surface area contributed by atoms with Gasteiger partial charge in [-0.15, -0.1) is 11.3 Å². The van der Waals surface area contributed by atoms with Gasteiger partial charge in [-0.3, -0.25) is 0 Å². The van der Waals surface area contributed by atoms with Gasteiger partial charge in [-0.1, -0.05) is 51.3 Å². The lowest BCUT2D eigenvalue weighted by Gasteiger charge is -2.10. The van der Waals surface area contributed by atoms with Gasteiger partial charge in [-0.2, -0.15) is 0 Å². The molecule has 6 heteroatoms. The first kappa shape index (κ1) is 14.4. The van der Waals surface area contributed by atoms with Crippen LogP contribution in [-0.2, 0) is 0 Å². The Morgan fingerprint density at radius 3 is 2.47 bits per heavy atom. The van der Waals surface area contributed by atoms with Gasteiger partial charge in [-0.25, -0.2) is 0 Å². The van der Waals surface area contributed by atoms with Gasteiger partial charge in [-0.05, 0) is 49.6 Å². The molecule has 0 saturated heterocycles. The van der Waals surface area contributed by atoms with Crippen molar-refractivity contribution in [3.05, 3.63) is 53.0 Å². The van der Waals surface area contributed by atoms with Crippen LogP contribution in [0.1, 0.15) is 15.3 Å². The van der Waals surface area contributed by atoms with E-state index in [1.165, 1.54) is 0 Å². The molecule has 2 rings (SSSR count). The Morgan fingerprint density at radius 2 is 1.88 bits per heavy atom. The molecule has 2 aromatic rings. The monoisotopic (exact) mass is 476 g/mol. The van der Waals surface area contributed by atoms with Crippen LogP contribution in [0.2, 0.25) is 10.0 Å². The number of alkyl halides is 1. The number of halogens is 5. The first-order valence-corrected chi connectivity index (χ1v) is 8.61. The number of hydrogen-bond donors (Lipinski definition) is 0. The molecular weight excluding hydrogens is 475 g/mol. The zero-order valence-electron chi connectivity index (χ0n) is 8.18. The lowest BCUT2D eigenvalue weighted by molar-refractivity contribution is 1.22. The average Bonchev–Trinajstić information content (AvgIpc) is 2.62. The molecule has 0 aliphatic rings. The molecule has 0 aliphatic heterocycles. The van der Waals surface area contributed by atoms with Crippen LogP contribution in [0.4, 0.5) is 0 Å². The summed E-state index contributed by atoms with van der Waals surface area (Å²) in [6.07, 6.45) is 0. The van der Waals surface area contributed by atoms with Gasteiger partial charge in [0.2, 0.25) is 0 Å². The predicted octanol–water partition coefficient (Wildman–Crippen LogP) is 7.06. The molecule has 1 unspecified atom stereocenters. The third-order valence-corrected chi connectivity index (χ3v) is 7.61. The first-order chi connectivity index (χ1) is 8.00. The van der Waals surface area contributed by atoms with Crippen LogP contribution < -0.4 is 0 Å². The van der Waals surface area contributed by atoms with Crippen LogP contribution in [0, 0.1) is 0 Å². The first-order valence-electron chi connectivity index (χ1n) is 4.53. The van der Waals surface area contributed by atoms with E-state index in [4.69, 9.17) is 23.2 Å². The summed E-state index contributed by atoms with van der Waals surface area (Å²) in [4.78, 5) is 1.20. The van der Waals surface area contributed by atoms with Crippen molar-refractivity contribution in [2.75, 3.05) is 0 Å². The van der Waals surface area contributed by atoms with Crippen LogP contribution in [0.5, 0.6) is 0 Å². The van der Waals surface area contributed by atoms with Crippen LogP contribution in [0.25, 0.3) is 0 Å². The maximum Gasteiger partial charge on any atom is 0.0843 e. The summed E-state index contributed by atoms with van der Waals surface area (Å²) in [6, 6.07) is 7.71. The van der Waals surface area contributed by atoms with Crippen LogP contribution in [0.3, 0.4) is 0 Å². The second kappa shape index (κ2) is 5.93. The molecule has 0 fully saturated rings. The fourth-order valence-electron chi connectivity index (χ4n) is 1.36. The van der Waals surface area contributed by atoms with Gasteiger partial charge in [0.1, 0.15) is 0 Å². The second-order valence-electron chi connectivity index (χ2n) is 3.28. The van der Waals surface area contributed by atoms with Crippen LogP contribution >= 0.6 is 82.3 Å². The smallest absolute Gasteiger partial charge is 0.0843 e. The maximum atomic E-state index is 6.20. The Kier molecular flexibility index (Phi) is 5.01. The summed E-state index contributed by atoms with van der Waals surface area (Å²) in [6.45, 7) is 0. The molecule has 1 atom stereocenters. The number of hydrogen-bond acceptors (Lipinski definition) is 1. The topological polar surface area (TPSA) is 0 Å². The third-order valence-electron chi connectivity index (χ3n) is 2.17. The lowest BCUT2D eigenvalue weighted by Crippen LogP contribution is -1.91. The zero-order valence-corrected chi connectivity index (χ0v) is 15.3. The van der Waals surface area contributed by atoms with Gasteiger partial charge in [0, 0.05) is 9.35 Å². The van der Waals surface area contributed by atoms with E-state index in [-0.39, 0.29) is 4.83 Å². The Labute approximate surface area is 139 Å². The molecule has 1 aromatic heterocycles. The predicted molar refractivity (Wildman–Crippen MR) is 87.0 cm³/mol. The lowest BCUT2D eigenvalue weighted by atomic mass is 10.1. The minimum atomic E-state index is 0.0429. The van der Waals surface area contributed by atoms with Gasteiger partial charge >= 0.3 is 0 Å². The van der Waals surface area contributed by atoms with E-state index < -0.39 is 0 Å². The minimum Gasteiger partial charge on any atom is -0.131 e. The Bertz CT molecular complexity index is 534. The molecule has 90 valence electrons. The number of thiophene rings is 1. The molecule has 0 amide bonds. The summed E-state index contributed by atoms with van der Waals surface area (Å²) < 4.78 is 2.11. The molecule has 1 heterocycles. The van der Waals surface area contributed by atoms with Crippen molar-refractivity contribution >= 4 is 82.3 Å². The van der Waals surface area contributed by atoms with Crippen molar-refractivity contribution in [2.24, 2.45) is 0 Å². The van der Waals surface area contributed by atoms with E-state index in [1.807, 2.05) is 12.1 Å². The summed E-state index contributed by atoms with van der Waals surface area (Å²) in [7, 11) is 0. The highest BCUT2D eigenvalue weighted by molar-refractivity contribution is 9.13. The van der Waals surface area contributed by atoms with Crippen molar-refractivity contribution in [1.82, 2.24) is 0 Å². The SMILES string of the molecule is Clc1cccc(C(Br)c2cc(Br)c(Br)s2)c1Cl. The fourth-order valence-corrected chi connectivity index (χ4v) is 4.79. The summed E-state index contributed by atoms with van der Waals surface area (Å²) >= 11 is 24.5. The van der Waals surface area contributed by atoms with Gasteiger partial charge in [0.15, 0.2) is 0 Å². The summed E-state index contributed by atoms with van der Waals surface area (Å²) in [5, 5.41) is 1.17. The molecule has 0 N–H and O–H groups in total. The third kappa shape index (κ3) is 3.10. The average molecular weight is 480 g/mol. The number of rotatable bonds is 2. The van der Waals surface area contributed by atoms with Crippen molar-refractivity contribution in [1.29, 1.82) is 0 Å². The summed E-state index contributed by atoms with van der Waals surface area (Å²) in [5.74, 6) is 0. The maximum absolute atomic E-state index is 6.20. The highest BCUT2D eigenvalue weighted by Crippen LogP contribution is 2.44. The van der Waals surface area contributed by atoms with Gasteiger partial charge in [0.25, 0.3) is 0 Å². The minimum absolute atomic E-state index is 0.0429. The van der Waals surface area contributed by atoms with Crippen molar-refractivity contribution in [3.8, 4) is 0 Å². The van der Waals surface area contributed by atoms with Crippen LogP contribution in [-0.4, -0.2) is 0 Å². The molecule has 0 nitrogen and oxygen atoms in total. The molecule has 0 saturated carbocycles. The van der Waals surface area contributed by atoms with E-state index in [2.05, 4.69) is 53.9 Å². The van der Waals surface area contributed by atoms with E-state index in [9.17, 15) is 0 Å². The fraction of sp³-hybridized carbons (Fsp3) is 0.0909. The molecule has 17 heavy (non-hydrogen) atoms. The normalized spacial score (nSPS) is 12.8. The molecule has 0 spiro atoms. The molecule has 1 aromatic carbocycles. The second-order valence-corrected chi connectivity index (χ2v) is 8.23. The van der Waals surface area contributed by atoms with E-state index in [0.717, 1.165) is 18.7 Å². The Balaban J connectivity index is 2.43. The molecule has 0 radical (unpaired) electrons. The van der Waals surface area contributed by atoms with Crippen molar-refractivity contribution < 1.29 is 0 Å². The van der Waals surface area contributed by atoms with Crippen molar-refractivity contribution in [3.63, 3.8) is 0 Å².